The van der Waals surface area contributed by atoms with Crippen molar-refractivity contribution in [1.82, 2.24) is 19.8 Å². The third kappa shape index (κ3) is 2.84. The summed E-state index contributed by atoms with van der Waals surface area (Å²) in [6.45, 7) is 5.31. The van der Waals surface area contributed by atoms with Gasteiger partial charge in [-0.15, -0.1) is 0 Å². The minimum Gasteiger partial charge on any atom is -0.395 e. The van der Waals surface area contributed by atoms with Gasteiger partial charge in [0, 0.05) is 37.8 Å². The van der Waals surface area contributed by atoms with E-state index in [2.05, 4.69) is 21.8 Å². The summed E-state index contributed by atoms with van der Waals surface area (Å²) in [7, 11) is 0. The second kappa shape index (κ2) is 6.46. The normalized spacial score (nSPS) is 17.8. The summed E-state index contributed by atoms with van der Waals surface area (Å²) in [4.78, 5) is 24.0. The zero-order chi connectivity index (χ0) is 15.5. The number of amides is 1. The average molecular weight is 302 g/mol. The number of H-pyrrole nitrogens is 1. The van der Waals surface area contributed by atoms with E-state index in [0.29, 0.717) is 18.7 Å². The van der Waals surface area contributed by atoms with E-state index in [4.69, 9.17) is 0 Å². The third-order valence-corrected chi connectivity index (χ3v) is 4.47. The van der Waals surface area contributed by atoms with Gasteiger partial charge in [0.2, 0.25) is 0 Å². The number of nitrogens with one attached hydrogen (secondary N) is 1. The first-order chi connectivity index (χ1) is 10.7. The second-order valence-electron chi connectivity index (χ2n) is 5.71. The van der Waals surface area contributed by atoms with Gasteiger partial charge < -0.3 is 15.0 Å². The number of benzene rings is 1. The van der Waals surface area contributed by atoms with Crippen LogP contribution >= 0.6 is 0 Å². The number of hydrogen-bond donors (Lipinski definition) is 2. The van der Waals surface area contributed by atoms with E-state index in [1.54, 1.807) is 6.33 Å². The quantitative estimate of drug-likeness (QED) is 0.887. The van der Waals surface area contributed by atoms with Crippen molar-refractivity contribution < 1.29 is 9.90 Å². The molecule has 1 atom stereocenters. The van der Waals surface area contributed by atoms with Crippen molar-refractivity contribution in [3.05, 3.63) is 30.1 Å². The molecule has 0 saturated carbocycles. The molecule has 0 radical (unpaired) electrons. The molecular weight excluding hydrogens is 280 g/mol. The van der Waals surface area contributed by atoms with Crippen molar-refractivity contribution in [2.45, 2.75) is 19.4 Å². The van der Waals surface area contributed by atoms with Crippen molar-refractivity contribution >= 4 is 16.9 Å². The number of nitrogens with zero attached hydrogens (tertiary/aromatic N) is 3. The highest BCUT2D eigenvalue weighted by atomic mass is 16.3. The van der Waals surface area contributed by atoms with Crippen LogP contribution < -0.4 is 0 Å². The standard InChI is InChI=1S/C16H22N4O2/c1-2-13(10-21)19-5-7-20(8-6-19)16(22)12-3-4-14-15(9-12)18-11-17-14/h3-4,9,11,13,21H,2,5-8,10H2,1H3,(H,17,18). The van der Waals surface area contributed by atoms with E-state index in [1.807, 2.05) is 23.1 Å². The van der Waals surface area contributed by atoms with Gasteiger partial charge in [0.1, 0.15) is 0 Å². The number of piperazine rings is 1. The SMILES string of the molecule is CCC(CO)N1CCN(C(=O)c2ccc3nc[nH]c3c2)CC1. The average Bonchev–Trinajstić information content (AvgIpc) is 3.03. The van der Waals surface area contributed by atoms with Gasteiger partial charge in [-0.2, -0.15) is 0 Å². The van der Waals surface area contributed by atoms with Gasteiger partial charge in [-0.1, -0.05) is 6.92 Å². The summed E-state index contributed by atoms with van der Waals surface area (Å²) < 4.78 is 0. The summed E-state index contributed by atoms with van der Waals surface area (Å²) in [5.41, 5.74) is 2.45. The van der Waals surface area contributed by atoms with Crippen LogP contribution in [0.25, 0.3) is 11.0 Å². The number of imidazole rings is 1. The van der Waals surface area contributed by atoms with Crippen molar-refractivity contribution in [3.63, 3.8) is 0 Å². The molecule has 0 aliphatic carbocycles. The number of hydrogen-bond acceptors (Lipinski definition) is 4. The number of aliphatic hydroxyl groups is 1. The van der Waals surface area contributed by atoms with Gasteiger partial charge in [-0.25, -0.2) is 4.98 Å². The maximum absolute atomic E-state index is 12.6. The highest BCUT2D eigenvalue weighted by Crippen LogP contribution is 2.16. The van der Waals surface area contributed by atoms with Crippen molar-refractivity contribution in [1.29, 1.82) is 0 Å². The lowest BCUT2D eigenvalue weighted by atomic mass is 10.1. The van der Waals surface area contributed by atoms with Crippen molar-refractivity contribution in [2.75, 3.05) is 32.8 Å². The molecule has 1 fully saturated rings. The molecule has 0 bridgehead atoms. The van der Waals surface area contributed by atoms with Crippen LogP contribution in [-0.2, 0) is 0 Å². The first kappa shape index (κ1) is 15.0. The Kier molecular flexibility index (Phi) is 4.40. The molecule has 1 aliphatic heterocycles. The Balaban J connectivity index is 1.66. The predicted molar refractivity (Wildman–Crippen MR) is 84.7 cm³/mol. The minimum absolute atomic E-state index is 0.0631. The Hall–Kier alpha value is -1.92. The van der Waals surface area contributed by atoms with Crippen LogP contribution in [0, 0.1) is 0 Å². The number of fused-ring (bicyclic) bond motifs is 1. The summed E-state index contributed by atoms with van der Waals surface area (Å²) in [6, 6.07) is 5.77. The van der Waals surface area contributed by atoms with Crippen LogP contribution in [0.4, 0.5) is 0 Å². The van der Waals surface area contributed by atoms with Crippen molar-refractivity contribution in [3.8, 4) is 0 Å². The van der Waals surface area contributed by atoms with Gasteiger partial charge >= 0.3 is 0 Å². The smallest absolute Gasteiger partial charge is 0.254 e. The molecule has 118 valence electrons. The van der Waals surface area contributed by atoms with Crippen LogP contribution in [0.2, 0.25) is 0 Å². The molecule has 6 nitrogen and oxygen atoms in total. The molecule has 1 aliphatic rings. The van der Waals surface area contributed by atoms with Crippen molar-refractivity contribution in [2.24, 2.45) is 0 Å². The van der Waals surface area contributed by atoms with Gasteiger partial charge in [-0.05, 0) is 24.6 Å². The molecule has 1 amide bonds. The van der Waals surface area contributed by atoms with E-state index in [1.165, 1.54) is 0 Å². The lowest BCUT2D eigenvalue weighted by molar-refractivity contribution is 0.0472. The Bertz CT molecular complexity index is 642. The van der Waals surface area contributed by atoms with Crippen LogP contribution in [0.15, 0.2) is 24.5 Å². The van der Waals surface area contributed by atoms with E-state index < -0.39 is 0 Å². The van der Waals surface area contributed by atoms with Crippen LogP contribution in [0.1, 0.15) is 23.7 Å². The number of rotatable bonds is 4. The monoisotopic (exact) mass is 302 g/mol. The molecule has 6 heteroatoms. The fourth-order valence-corrected chi connectivity index (χ4v) is 3.04. The predicted octanol–water partition coefficient (Wildman–Crippen LogP) is 1.09. The zero-order valence-corrected chi connectivity index (χ0v) is 12.8. The summed E-state index contributed by atoms with van der Waals surface area (Å²) in [5.74, 6) is 0.0631. The van der Waals surface area contributed by atoms with Crippen LogP contribution in [0.5, 0.6) is 0 Å². The molecule has 1 aromatic heterocycles. The Morgan fingerprint density at radius 1 is 1.36 bits per heavy atom. The Morgan fingerprint density at radius 3 is 2.82 bits per heavy atom. The molecule has 22 heavy (non-hydrogen) atoms. The van der Waals surface area contributed by atoms with E-state index in [0.717, 1.165) is 30.5 Å². The van der Waals surface area contributed by atoms with Crippen LogP contribution in [0.3, 0.4) is 0 Å². The first-order valence-electron chi connectivity index (χ1n) is 7.80. The molecule has 1 saturated heterocycles. The zero-order valence-electron chi connectivity index (χ0n) is 12.8. The number of aromatic nitrogens is 2. The molecule has 2 N–H and O–H groups in total. The summed E-state index contributed by atoms with van der Waals surface area (Å²) in [5, 5.41) is 9.38. The largest absolute Gasteiger partial charge is 0.395 e. The number of aromatic amines is 1. The number of carbonyl (C=O) groups excluding carboxylic acids is 1. The van der Waals surface area contributed by atoms with Gasteiger partial charge in [0.05, 0.1) is 24.0 Å². The lowest BCUT2D eigenvalue weighted by Crippen LogP contribution is -2.52. The Labute approximate surface area is 129 Å². The molecule has 0 spiro atoms. The number of aliphatic hydroxyl groups excluding tert-OH is 1. The fraction of sp³-hybridized carbons (Fsp3) is 0.500. The van der Waals surface area contributed by atoms with Gasteiger partial charge in [-0.3, -0.25) is 9.69 Å². The van der Waals surface area contributed by atoms with E-state index in [-0.39, 0.29) is 18.6 Å². The first-order valence-corrected chi connectivity index (χ1v) is 7.80. The topological polar surface area (TPSA) is 72.5 Å². The third-order valence-electron chi connectivity index (χ3n) is 4.47. The van der Waals surface area contributed by atoms with Gasteiger partial charge in [0.15, 0.2) is 0 Å². The van der Waals surface area contributed by atoms with E-state index in [9.17, 15) is 9.90 Å². The molecular formula is C16H22N4O2. The highest BCUT2D eigenvalue weighted by Gasteiger charge is 2.25. The number of carbonyl (C=O) groups is 1. The van der Waals surface area contributed by atoms with E-state index >= 15 is 0 Å². The maximum atomic E-state index is 12.6. The molecule has 1 aromatic carbocycles. The molecule has 2 aromatic rings. The van der Waals surface area contributed by atoms with Crippen LogP contribution in [-0.4, -0.2) is 69.6 Å². The maximum Gasteiger partial charge on any atom is 0.254 e. The minimum atomic E-state index is 0.0631. The summed E-state index contributed by atoms with van der Waals surface area (Å²) in [6.07, 6.45) is 2.57. The highest BCUT2D eigenvalue weighted by molar-refractivity contribution is 5.97. The second-order valence-corrected chi connectivity index (χ2v) is 5.71. The Morgan fingerprint density at radius 2 is 2.14 bits per heavy atom. The molecule has 1 unspecified atom stereocenters. The van der Waals surface area contributed by atoms with Gasteiger partial charge in [0.25, 0.3) is 5.91 Å². The molecule has 2 heterocycles. The fourth-order valence-electron chi connectivity index (χ4n) is 3.04. The summed E-state index contributed by atoms with van der Waals surface area (Å²) >= 11 is 0. The molecule has 3 rings (SSSR count). The lowest BCUT2D eigenvalue weighted by Gasteiger charge is -2.38.